The third-order valence-corrected chi connectivity index (χ3v) is 3.41. The Morgan fingerprint density at radius 1 is 1.04 bits per heavy atom. The van der Waals surface area contributed by atoms with Crippen molar-refractivity contribution in [3.05, 3.63) is 78.1 Å². The summed E-state index contributed by atoms with van der Waals surface area (Å²) in [5.74, 6) is 0.710. The summed E-state index contributed by atoms with van der Waals surface area (Å²) >= 11 is 0. The molecule has 0 bridgehead atoms. The van der Waals surface area contributed by atoms with E-state index in [0.717, 1.165) is 5.56 Å². The number of rotatable bonds is 8. The Morgan fingerprint density at radius 2 is 1.81 bits per heavy atom. The summed E-state index contributed by atoms with van der Waals surface area (Å²) in [6, 6.07) is 13.6. The van der Waals surface area contributed by atoms with Crippen molar-refractivity contribution < 1.29 is 23.2 Å². The fourth-order valence-electron chi connectivity index (χ4n) is 2.08. The zero-order chi connectivity index (χ0) is 18.9. The van der Waals surface area contributed by atoms with Gasteiger partial charge in [0.1, 0.15) is 11.5 Å². The maximum atomic E-state index is 11.7. The number of carbonyl (C=O) groups is 2. The second-order valence-corrected chi connectivity index (χ2v) is 5.39. The first kappa shape index (κ1) is 18.0. The monoisotopic (exact) mass is 367 g/mol. The molecule has 3 rings (SSSR count). The molecule has 3 aromatic rings. The van der Waals surface area contributed by atoms with Gasteiger partial charge in [-0.1, -0.05) is 0 Å². The minimum absolute atomic E-state index is 0.104. The van der Waals surface area contributed by atoms with E-state index >= 15 is 0 Å². The van der Waals surface area contributed by atoms with Gasteiger partial charge in [-0.2, -0.15) is 5.10 Å². The van der Waals surface area contributed by atoms with Crippen LogP contribution in [-0.4, -0.2) is 24.6 Å². The molecule has 1 aromatic carbocycles. The molecule has 0 aliphatic heterocycles. The maximum absolute atomic E-state index is 11.7. The second-order valence-electron chi connectivity index (χ2n) is 5.39. The number of nitrogens with one attached hydrogen (secondary N) is 2. The van der Waals surface area contributed by atoms with E-state index in [1.165, 1.54) is 12.5 Å². The van der Waals surface area contributed by atoms with Gasteiger partial charge in [-0.25, -0.2) is 5.43 Å². The van der Waals surface area contributed by atoms with Gasteiger partial charge in [-0.15, -0.1) is 0 Å². The summed E-state index contributed by atoms with van der Waals surface area (Å²) in [5.41, 5.74) is 3.11. The van der Waals surface area contributed by atoms with Crippen LogP contribution in [0.2, 0.25) is 0 Å². The van der Waals surface area contributed by atoms with Crippen LogP contribution in [0.3, 0.4) is 0 Å². The highest BCUT2D eigenvalue weighted by Gasteiger charge is 2.06. The van der Waals surface area contributed by atoms with Gasteiger partial charge in [0.25, 0.3) is 5.91 Å². The molecule has 0 radical (unpaired) electrons. The molecule has 2 heterocycles. The van der Waals surface area contributed by atoms with Crippen LogP contribution >= 0.6 is 0 Å². The Labute approximate surface area is 154 Å². The van der Waals surface area contributed by atoms with Gasteiger partial charge < -0.3 is 18.9 Å². The molecule has 0 fully saturated rings. The Morgan fingerprint density at radius 3 is 2.52 bits per heavy atom. The number of hydrogen-bond donors (Lipinski definition) is 2. The van der Waals surface area contributed by atoms with Crippen molar-refractivity contribution in [2.24, 2.45) is 5.10 Å². The molecule has 0 spiro atoms. The van der Waals surface area contributed by atoms with E-state index in [1.807, 2.05) is 0 Å². The molecule has 0 unspecified atom stereocenters. The van der Waals surface area contributed by atoms with Gasteiger partial charge in [0.2, 0.25) is 0 Å². The lowest BCUT2D eigenvalue weighted by atomic mass is 10.2. The number of hydrazone groups is 1. The molecule has 2 N–H and O–H groups in total. The average Bonchev–Trinajstić information content (AvgIpc) is 3.39. The summed E-state index contributed by atoms with van der Waals surface area (Å²) in [6.45, 7) is 0.210. The molecular weight excluding hydrogens is 350 g/mol. The fraction of sp³-hybridized carbons (Fsp3) is 0.105. The van der Waals surface area contributed by atoms with Gasteiger partial charge >= 0.3 is 5.91 Å². The van der Waals surface area contributed by atoms with Crippen LogP contribution in [0.25, 0.3) is 0 Å². The normalized spacial score (nSPS) is 10.7. The Kier molecular flexibility index (Phi) is 6.03. The van der Waals surface area contributed by atoms with Crippen molar-refractivity contribution in [2.45, 2.75) is 6.54 Å². The zero-order valence-electron chi connectivity index (χ0n) is 14.3. The average molecular weight is 367 g/mol. The van der Waals surface area contributed by atoms with Gasteiger partial charge in [0, 0.05) is 0 Å². The molecule has 27 heavy (non-hydrogen) atoms. The summed E-state index contributed by atoms with van der Waals surface area (Å²) in [7, 11) is 0. The first-order valence-corrected chi connectivity index (χ1v) is 8.09. The number of benzene rings is 1. The lowest BCUT2D eigenvalue weighted by molar-refractivity contribution is -0.123. The maximum Gasteiger partial charge on any atom is 0.307 e. The molecule has 0 saturated heterocycles. The number of carbonyl (C=O) groups excluding carboxylic acids is 2. The summed E-state index contributed by atoms with van der Waals surface area (Å²) < 4.78 is 15.5. The van der Waals surface area contributed by atoms with Crippen molar-refractivity contribution in [1.29, 1.82) is 0 Å². The van der Waals surface area contributed by atoms with Crippen molar-refractivity contribution in [3.8, 4) is 5.75 Å². The van der Waals surface area contributed by atoms with Crippen LogP contribution in [0.15, 0.2) is 75.0 Å². The molecule has 8 nitrogen and oxygen atoms in total. The molecule has 2 aromatic heterocycles. The van der Waals surface area contributed by atoms with E-state index in [1.54, 1.807) is 54.8 Å². The quantitative estimate of drug-likeness (QED) is 0.469. The summed E-state index contributed by atoms with van der Waals surface area (Å²) in [4.78, 5) is 23.4. The lowest BCUT2D eigenvalue weighted by Crippen LogP contribution is -2.28. The Hall–Kier alpha value is -3.81. The lowest BCUT2D eigenvalue weighted by Gasteiger charge is -2.06. The topological polar surface area (TPSA) is 106 Å². The standard InChI is InChI=1S/C19H17N3O5/c23-18(20-12-16-3-1-9-25-16)13-27-15-7-5-14(6-8-15)11-21-22-19(24)17-4-2-10-26-17/h1-11H,12-13H2,(H,20,23)(H,22,24)/b21-11+. The minimum Gasteiger partial charge on any atom is -0.484 e. The van der Waals surface area contributed by atoms with Crippen LogP contribution < -0.4 is 15.5 Å². The Balaban J connectivity index is 1.41. The third-order valence-electron chi connectivity index (χ3n) is 3.41. The number of nitrogens with zero attached hydrogens (tertiary/aromatic N) is 1. The second kappa shape index (κ2) is 9.04. The van der Waals surface area contributed by atoms with E-state index in [-0.39, 0.29) is 18.3 Å². The first-order chi connectivity index (χ1) is 13.2. The van der Waals surface area contributed by atoms with E-state index in [2.05, 4.69) is 15.8 Å². The summed E-state index contributed by atoms with van der Waals surface area (Å²) in [5, 5.41) is 6.54. The van der Waals surface area contributed by atoms with Crippen molar-refractivity contribution in [1.82, 2.24) is 10.7 Å². The van der Waals surface area contributed by atoms with Crippen molar-refractivity contribution in [2.75, 3.05) is 6.61 Å². The smallest absolute Gasteiger partial charge is 0.307 e. The zero-order valence-corrected chi connectivity index (χ0v) is 14.3. The highest BCUT2D eigenvalue weighted by Crippen LogP contribution is 2.11. The van der Waals surface area contributed by atoms with Crippen LogP contribution in [0, 0.1) is 0 Å². The van der Waals surface area contributed by atoms with E-state index in [0.29, 0.717) is 18.1 Å². The molecule has 0 aliphatic rings. The van der Waals surface area contributed by atoms with Crippen LogP contribution in [0.1, 0.15) is 21.9 Å². The molecule has 8 heteroatoms. The fourth-order valence-corrected chi connectivity index (χ4v) is 2.08. The van der Waals surface area contributed by atoms with Gasteiger partial charge in [-0.3, -0.25) is 9.59 Å². The van der Waals surface area contributed by atoms with Gasteiger partial charge in [-0.05, 0) is 54.1 Å². The molecule has 2 amide bonds. The van der Waals surface area contributed by atoms with Crippen LogP contribution in [0.5, 0.6) is 5.75 Å². The molecule has 0 saturated carbocycles. The summed E-state index contributed by atoms with van der Waals surface area (Å²) in [6.07, 6.45) is 4.45. The first-order valence-electron chi connectivity index (χ1n) is 8.09. The van der Waals surface area contributed by atoms with Gasteiger partial charge in [0.15, 0.2) is 12.4 Å². The van der Waals surface area contributed by atoms with Crippen molar-refractivity contribution >= 4 is 18.0 Å². The van der Waals surface area contributed by atoms with Crippen LogP contribution in [-0.2, 0) is 11.3 Å². The molecular formula is C19H17N3O5. The minimum atomic E-state index is -0.434. The third kappa shape index (κ3) is 5.60. The predicted octanol–water partition coefficient (Wildman–Crippen LogP) is 2.33. The Bertz CT molecular complexity index is 884. The molecule has 0 aliphatic carbocycles. The number of amides is 2. The van der Waals surface area contributed by atoms with Crippen LogP contribution in [0.4, 0.5) is 0 Å². The highest BCUT2D eigenvalue weighted by atomic mass is 16.5. The number of furan rings is 2. The van der Waals surface area contributed by atoms with Gasteiger partial charge in [0.05, 0.1) is 25.3 Å². The number of hydrogen-bond acceptors (Lipinski definition) is 6. The highest BCUT2D eigenvalue weighted by molar-refractivity contribution is 5.92. The molecule has 138 valence electrons. The predicted molar refractivity (Wildman–Crippen MR) is 96.3 cm³/mol. The number of ether oxygens (including phenoxy) is 1. The van der Waals surface area contributed by atoms with E-state index in [9.17, 15) is 9.59 Å². The largest absolute Gasteiger partial charge is 0.484 e. The van der Waals surface area contributed by atoms with E-state index < -0.39 is 5.91 Å². The van der Waals surface area contributed by atoms with E-state index in [4.69, 9.17) is 13.6 Å². The SMILES string of the molecule is O=C(COc1ccc(/C=N/NC(=O)c2ccco2)cc1)NCc1ccco1. The van der Waals surface area contributed by atoms with Crippen molar-refractivity contribution in [3.63, 3.8) is 0 Å². The molecule has 0 atom stereocenters.